The molecule has 3 nitrogen and oxygen atoms in total. The van der Waals surface area contributed by atoms with Crippen LogP contribution in [0.5, 0.6) is 5.75 Å². The van der Waals surface area contributed by atoms with E-state index in [0.29, 0.717) is 6.54 Å². The first-order valence-electron chi connectivity index (χ1n) is 4.80. The number of hydrogen-bond donors (Lipinski definition) is 1. The quantitative estimate of drug-likeness (QED) is 0.743. The van der Waals surface area contributed by atoms with E-state index < -0.39 is 0 Å². The van der Waals surface area contributed by atoms with Crippen LogP contribution >= 0.6 is 0 Å². The predicted molar refractivity (Wildman–Crippen MR) is 56.7 cm³/mol. The van der Waals surface area contributed by atoms with Crippen LogP contribution in [0.1, 0.15) is 33.4 Å². The summed E-state index contributed by atoms with van der Waals surface area (Å²) in [5, 5.41) is 9.36. The van der Waals surface area contributed by atoms with E-state index in [1.165, 1.54) is 6.07 Å². The van der Waals surface area contributed by atoms with Gasteiger partial charge in [-0.25, -0.2) is 0 Å². The van der Waals surface area contributed by atoms with Gasteiger partial charge in [-0.3, -0.25) is 4.79 Å². The lowest BCUT2D eigenvalue weighted by molar-refractivity contribution is 0.454. The van der Waals surface area contributed by atoms with Crippen LogP contribution in [0.3, 0.4) is 0 Å². The fraction of sp³-hybridized carbons (Fsp3) is 0.545. The average Bonchev–Trinajstić information content (AvgIpc) is 2.01. The summed E-state index contributed by atoms with van der Waals surface area (Å²) in [7, 11) is 0. The van der Waals surface area contributed by atoms with E-state index >= 15 is 0 Å². The van der Waals surface area contributed by atoms with Gasteiger partial charge in [0.05, 0.1) is 0 Å². The lowest BCUT2D eigenvalue weighted by Gasteiger charge is -2.23. The first-order chi connectivity index (χ1) is 6.36. The molecule has 1 rings (SSSR count). The maximum absolute atomic E-state index is 11.5. The Kier molecular flexibility index (Phi) is 2.69. The van der Waals surface area contributed by atoms with Crippen molar-refractivity contribution in [2.24, 2.45) is 0 Å². The molecule has 0 saturated carbocycles. The summed E-state index contributed by atoms with van der Waals surface area (Å²) in [6, 6.07) is 2.91. The summed E-state index contributed by atoms with van der Waals surface area (Å²) < 4.78 is 1.68. The zero-order valence-corrected chi connectivity index (χ0v) is 9.16. The first kappa shape index (κ1) is 10.8. The van der Waals surface area contributed by atoms with Gasteiger partial charge in [0.1, 0.15) is 5.75 Å². The van der Waals surface area contributed by atoms with Gasteiger partial charge in [-0.1, -0.05) is 20.8 Å². The van der Waals surface area contributed by atoms with Gasteiger partial charge in [-0.05, 0) is 6.92 Å². The van der Waals surface area contributed by atoms with Crippen molar-refractivity contribution in [1.82, 2.24) is 4.57 Å². The van der Waals surface area contributed by atoms with E-state index in [1.54, 1.807) is 10.6 Å². The lowest BCUT2D eigenvalue weighted by Crippen LogP contribution is -2.28. The Bertz CT molecular complexity index is 385. The van der Waals surface area contributed by atoms with Crippen LogP contribution in [-0.2, 0) is 12.0 Å². The Balaban J connectivity index is 3.48. The highest BCUT2D eigenvalue weighted by molar-refractivity contribution is 5.26. The summed E-state index contributed by atoms with van der Waals surface area (Å²) >= 11 is 0. The minimum Gasteiger partial charge on any atom is -0.508 e. The second-order valence-corrected chi connectivity index (χ2v) is 4.43. The second-order valence-electron chi connectivity index (χ2n) is 4.43. The Hall–Kier alpha value is -1.25. The molecule has 0 bridgehead atoms. The monoisotopic (exact) mass is 195 g/mol. The zero-order chi connectivity index (χ0) is 10.9. The van der Waals surface area contributed by atoms with Gasteiger partial charge >= 0.3 is 0 Å². The molecule has 78 valence electrons. The maximum Gasteiger partial charge on any atom is 0.254 e. The van der Waals surface area contributed by atoms with Crippen LogP contribution in [0.15, 0.2) is 16.9 Å². The van der Waals surface area contributed by atoms with E-state index in [9.17, 15) is 9.90 Å². The van der Waals surface area contributed by atoms with Crippen molar-refractivity contribution in [3.8, 4) is 5.75 Å². The van der Waals surface area contributed by atoms with E-state index in [-0.39, 0.29) is 16.7 Å². The van der Waals surface area contributed by atoms with Crippen molar-refractivity contribution in [3.05, 3.63) is 28.2 Å². The van der Waals surface area contributed by atoms with Crippen LogP contribution in [0, 0.1) is 0 Å². The van der Waals surface area contributed by atoms with Gasteiger partial charge in [0.15, 0.2) is 0 Å². The average molecular weight is 195 g/mol. The Morgan fingerprint density at radius 3 is 2.36 bits per heavy atom. The topological polar surface area (TPSA) is 42.2 Å². The standard InChI is InChI=1S/C11H17NO2/c1-5-12-9(11(2,3)4)6-8(13)7-10(12)14/h6-7,13H,5H2,1-4H3. The molecule has 1 heterocycles. The van der Waals surface area contributed by atoms with Crippen LogP contribution in [-0.4, -0.2) is 9.67 Å². The highest BCUT2D eigenvalue weighted by atomic mass is 16.3. The molecule has 0 fully saturated rings. The van der Waals surface area contributed by atoms with Gasteiger partial charge in [0.2, 0.25) is 0 Å². The van der Waals surface area contributed by atoms with Crippen molar-refractivity contribution in [2.45, 2.75) is 39.7 Å². The van der Waals surface area contributed by atoms with Crippen LogP contribution < -0.4 is 5.56 Å². The number of aromatic nitrogens is 1. The molecule has 0 atom stereocenters. The van der Waals surface area contributed by atoms with E-state index in [4.69, 9.17) is 0 Å². The molecule has 0 unspecified atom stereocenters. The fourth-order valence-electron chi connectivity index (χ4n) is 1.53. The summed E-state index contributed by atoms with van der Waals surface area (Å²) in [6.45, 7) is 8.62. The summed E-state index contributed by atoms with van der Waals surface area (Å²) in [6.07, 6.45) is 0. The van der Waals surface area contributed by atoms with Gasteiger partial charge in [-0.2, -0.15) is 0 Å². The molecule has 0 saturated heterocycles. The zero-order valence-electron chi connectivity index (χ0n) is 9.16. The summed E-state index contributed by atoms with van der Waals surface area (Å²) in [4.78, 5) is 11.5. The molecule has 0 spiro atoms. The molecular formula is C11H17NO2. The molecule has 0 amide bonds. The fourth-order valence-corrected chi connectivity index (χ4v) is 1.53. The third-order valence-corrected chi connectivity index (χ3v) is 2.20. The maximum atomic E-state index is 11.5. The molecule has 0 aromatic carbocycles. The number of rotatable bonds is 1. The molecule has 14 heavy (non-hydrogen) atoms. The van der Waals surface area contributed by atoms with Crippen molar-refractivity contribution in [2.75, 3.05) is 0 Å². The Labute approximate surface area is 84.0 Å². The van der Waals surface area contributed by atoms with Crippen LogP contribution in [0.25, 0.3) is 0 Å². The van der Waals surface area contributed by atoms with Crippen LogP contribution in [0.4, 0.5) is 0 Å². The molecule has 1 aromatic rings. The van der Waals surface area contributed by atoms with Crippen molar-refractivity contribution in [1.29, 1.82) is 0 Å². The number of hydrogen-bond acceptors (Lipinski definition) is 2. The molecule has 3 heteroatoms. The van der Waals surface area contributed by atoms with E-state index in [2.05, 4.69) is 0 Å². The third kappa shape index (κ3) is 1.97. The summed E-state index contributed by atoms with van der Waals surface area (Å²) in [5.74, 6) is 0.0459. The molecule has 1 N–H and O–H groups in total. The van der Waals surface area contributed by atoms with E-state index in [1.807, 2.05) is 27.7 Å². The van der Waals surface area contributed by atoms with Crippen molar-refractivity contribution < 1.29 is 5.11 Å². The Morgan fingerprint density at radius 2 is 1.93 bits per heavy atom. The van der Waals surface area contributed by atoms with Gasteiger partial charge in [0.25, 0.3) is 5.56 Å². The number of aromatic hydroxyl groups is 1. The largest absolute Gasteiger partial charge is 0.508 e. The Morgan fingerprint density at radius 1 is 1.36 bits per heavy atom. The number of pyridine rings is 1. The molecule has 0 aliphatic carbocycles. The summed E-state index contributed by atoms with van der Waals surface area (Å²) in [5.41, 5.74) is 0.593. The van der Waals surface area contributed by atoms with Crippen molar-refractivity contribution >= 4 is 0 Å². The predicted octanol–water partition coefficient (Wildman–Crippen LogP) is 1.87. The van der Waals surface area contributed by atoms with Gasteiger partial charge < -0.3 is 9.67 Å². The normalized spacial score (nSPS) is 11.7. The van der Waals surface area contributed by atoms with Crippen molar-refractivity contribution in [3.63, 3.8) is 0 Å². The first-order valence-corrected chi connectivity index (χ1v) is 4.80. The second kappa shape index (κ2) is 3.48. The number of nitrogens with zero attached hydrogens (tertiary/aromatic N) is 1. The SMILES string of the molecule is CCn1c(C(C)(C)C)cc(O)cc1=O. The van der Waals surface area contributed by atoms with Gasteiger partial charge in [-0.15, -0.1) is 0 Å². The smallest absolute Gasteiger partial charge is 0.254 e. The minimum absolute atomic E-state index is 0.0459. The highest BCUT2D eigenvalue weighted by Gasteiger charge is 2.18. The van der Waals surface area contributed by atoms with Gasteiger partial charge in [0, 0.05) is 29.8 Å². The molecule has 1 aromatic heterocycles. The lowest BCUT2D eigenvalue weighted by atomic mass is 9.91. The highest BCUT2D eigenvalue weighted by Crippen LogP contribution is 2.23. The molecular weight excluding hydrogens is 178 g/mol. The molecule has 0 radical (unpaired) electrons. The minimum atomic E-state index is -0.141. The third-order valence-electron chi connectivity index (χ3n) is 2.20. The van der Waals surface area contributed by atoms with Crippen LogP contribution in [0.2, 0.25) is 0 Å². The molecule has 0 aliphatic heterocycles. The van der Waals surface area contributed by atoms with E-state index in [0.717, 1.165) is 5.69 Å². The molecule has 0 aliphatic rings.